The topological polar surface area (TPSA) is 49.4 Å². The fourth-order valence-corrected chi connectivity index (χ4v) is 4.74. The van der Waals surface area contributed by atoms with E-state index in [-0.39, 0.29) is 0 Å². The van der Waals surface area contributed by atoms with Crippen molar-refractivity contribution in [3.8, 4) is 0 Å². The van der Waals surface area contributed by atoms with Gasteiger partial charge in [-0.3, -0.25) is 0 Å². The number of piperidine rings is 1. The van der Waals surface area contributed by atoms with Gasteiger partial charge in [0.25, 0.3) is 0 Å². The Hall–Kier alpha value is -0.560. The Kier molecular flexibility index (Phi) is 6.74. The highest BCUT2D eigenvalue weighted by Gasteiger charge is 2.25. The van der Waals surface area contributed by atoms with Crippen molar-refractivity contribution in [1.29, 1.82) is 0 Å². The third-order valence-corrected chi connectivity index (χ3v) is 6.41. The number of nitrogens with zero attached hydrogens (tertiary/aromatic N) is 1. The van der Waals surface area contributed by atoms with Crippen molar-refractivity contribution in [2.75, 3.05) is 26.2 Å². The van der Waals surface area contributed by atoms with Crippen molar-refractivity contribution in [3.05, 3.63) is 29.8 Å². The minimum Gasteiger partial charge on any atom is -0.302 e. The van der Waals surface area contributed by atoms with Crippen LogP contribution in [-0.4, -0.2) is 39.5 Å². The zero-order chi connectivity index (χ0) is 16.0. The number of thiol groups is 1. The molecule has 2 rings (SSSR count). The van der Waals surface area contributed by atoms with Crippen LogP contribution in [-0.2, 0) is 10.0 Å². The summed E-state index contributed by atoms with van der Waals surface area (Å²) in [5, 5.41) is -0.513. The second-order valence-electron chi connectivity index (χ2n) is 5.83. The largest absolute Gasteiger partial charge is 0.302 e. The van der Waals surface area contributed by atoms with Gasteiger partial charge in [0.2, 0.25) is 10.0 Å². The number of rotatable bonds is 7. The second-order valence-corrected chi connectivity index (χ2v) is 8.30. The number of likely N-dealkylation sites (tertiary alicyclic amines) is 1. The van der Waals surface area contributed by atoms with E-state index in [1.165, 1.54) is 19.3 Å². The van der Waals surface area contributed by atoms with Gasteiger partial charge in [-0.1, -0.05) is 25.5 Å². The molecule has 0 bridgehead atoms. The quantitative estimate of drug-likeness (QED) is 0.749. The van der Waals surface area contributed by atoms with E-state index in [0.717, 1.165) is 30.1 Å². The van der Waals surface area contributed by atoms with Crippen molar-refractivity contribution in [2.45, 2.75) is 42.8 Å². The molecule has 1 saturated heterocycles. The van der Waals surface area contributed by atoms with Gasteiger partial charge in [0.05, 0.1) is 0 Å². The molecule has 124 valence electrons. The lowest BCUT2D eigenvalue weighted by Gasteiger charge is -2.26. The van der Waals surface area contributed by atoms with Crippen molar-refractivity contribution in [3.63, 3.8) is 0 Å². The van der Waals surface area contributed by atoms with Crippen LogP contribution in [0.4, 0.5) is 0 Å². The normalized spacial score (nSPS) is 18.3. The van der Waals surface area contributed by atoms with Crippen molar-refractivity contribution in [1.82, 2.24) is 9.62 Å². The zero-order valence-electron chi connectivity index (χ0n) is 13.2. The Morgan fingerprint density at radius 2 is 2.00 bits per heavy atom. The lowest BCUT2D eigenvalue weighted by molar-refractivity contribution is 0.232. The van der Waals surface area contributed by atoms with Crippen LogP contribution in [0.3, 0.4) is 0 Å². The molecule has 0 aromatic heterocycles. The molecule has 1 unspecified atom stereocenters. The lowest BCUT2D eigenvalue weighted by atomic mass is 10.1. The molecule has 1 heterocycles. The summed E-state index contributed by atoms with van der Waals surface area (Å²) < 4.78 is 27.9. The Morgan fingerprint density at radius 3 is 2.64 bits per heavy atom. The predicted octanol–water partition coefficient (Wildman–Crippen LogP) is 2.83. The number of nitrogens with one attached hydrogen (secondary N) is 1. The van der Waals surface area contributed by atoms with E-state index in [0.29, 0.717) is 13.0 Å². The summed E-state index contributed by atoms with van der Waals surface area (Å²) in [5.41, 5.74) is 0.806. The molecule has 1 fully saturated rings. The number of benzene rings is 1. The Bertz CT molecular complexity index is 569. The first-order chi connectivity index (χ1) is 10.5. The summed E-state index contributed by atoms with van der Waals surface area (Å²) in [6.07, 6.45) is 4.29. The molecule has 1 N–H and O–H groups in total. The fraction of sp³-hybridized carbons (Fsp3) is 0.625. The van der Waals surface area contributed by atoms with Crippen molar-refractivity contribution < 1.29 is 8.42 Å². The maximum atomic E-state index is 12.6. The highest BCUT2D eigenvalue weighted by atomic mass is 32.2. The van der Waals surface area contributed by atoms with Gasteiger partial charge in [-0.25, -0.2) is 13.1 Å². The van der Waals surface area contributed by atoms with Gasteiger partial charge in [0.1, 0.15) is 5.25 Å². The molecule has 0 radical (unpaired) electrons. The Balaban J connectivity index is 1.95. The molecule has 1 aromatic rings. The Labute approximate surface area is 139 Å². The standard InChI is InChI=1S/C16H26N2O2S2/c1-2-16(14-7-6-8-15(21)13-14)22(19,20)17-9-12-18-10-4-3-5-11-18/h6-8,13,16-17,21H,2-5,9-12H2,1H3. The molecule has 1 atom stereocenters. The summed E-state index contributed by atoms with van der Waals surface area (Å²) in [6, 6.07) is 7.40. The molecule has 6 heteroatoms. The molecule has 4 nitrogen and oxygen atoms in total. The van der Waals surface area contributed by atoms with Crippen LogP contribution < -0.4 is 4.72 Å². The molecule has 1 aliphatic heterocycles. The average Bonchev–Trinajstić information content (AvgIpc) is 2.48. The molecular formula is C16H26N2O2S2. The maximum Gasteiger partial charge on any atom is 0.218 e. The van der Waals surface area contributed by atoms with Gasteiger partial charge in [-0.05, 0) is 50.0 Å². The molecule has 0 spiro atoms. The highest BCUT2D eigenvalue weighted by Crippen LogP contribution is 2.26. The number of hydrogen-bond acceptors (Lipinski definition) is 4. The van der Waals surface area contributed by atoms with E-state index >= 15 is 0 Å². The Morgan fingerprint density at radius 1 is 1.27 bits per heavy atom. The summed E-state index contributed by atoms with van der Waals surface area (Å²) >= 11 is 4.30. The summed E-state index contributed by atoms with van der Waals surface area (Å²) in [5.74, 6) is 0. The molecule has 0 saturated carbocycles. The van der Waals surface area contributed by atoms with Gasteiger partial charge in [-0.2, -0.15) is 0 Å². The van der Waals surface area contributed by atoms with Gasteiger partial charge in [-0.15, -0.1) is 12.6 Å². The van der Waals surface area contributed by atoms with E-state index in [1.54, 1.807) is 0 Å². The molecule has 1 aliphatic rings. The maximum absolute atomic E-state index is 12.6. The average molecular weight is 343 g/mol. The van der Waals surface area contributed by atoms with E-state index in [9.17, 15) is 8.42 Å². The highest BCUT2D eigenvalue weighted by molar-refractivity contribution is 7.89. The first-order valence-electron chi connectivity index (χ1n) is 8.02. The van der Waals surface area contributed by atoms with E-state index in [1.807, 2.05) is 31.2 Å². The van der Waals surface area contributed by atoms with Crippen LogP contribution in [0.25, 0.3) is 0 Å². The van der Waals surface area contributed by atoms with E-state index in [2.05, 4.69) is 22.3 Å². The molecule has 0 amide bonds. The van der Waals surface area contributed by atoms with E-state index in [4.69, 9.17) is 0 Å². The van der Waals surface area contributed by atoms with Crippen LogP contribution in [0, 0.1) is 0 Å². The molecule has 1 aromatic carbocycles. The third kappa shape index (κ3) is 4.98. The van der Waals surface area contributed by atoms with Crippen LogP contribution in [0.2, 0.25) is 0 Å². The van der Waals surface area contributed by atoms with Crippen LogP contribution in [0.15, 0.2) is 29.2 Å². The minimum atomic E-state index is -3.35. The second kappa shape index (κ2) is 8.34. The van der Waals surface area contributed by atoms with Crippen LogP contribution in [0.1, 0.15) is 43.4 Å². The zero-order valence-corrected chi connectivity index (χ0v) is 14.9. The molecule has 22 heavy (non-hydrogen) atoms. The van der Waals surface area contributed by atoms with E-state index < -0.39 is 15.3 Å². The molecular weight excluding hydrogens is 316 g/mol. The number of sulfonamides is 1. The summed E-state index contributed by atoms with van der Waals surface area (Å²) in [7, 11) is -3.35. The summed E-state index contributed by atoms with van der Waals surface area (Å²) in [4.78, 5) is 3.13. The first-order valence-corrected chi connectivity index (χ1v) is 10.0. The van der Waals surface area contributed by atoms with Crippen molar-refractivity contribution in [2.24, 2.45) is 0 Å². The predicted molar refractivity (Wildman–Crippen MR) is 93.9 cm³/mol. The van der Waals surface area contributed by atoms with Gasteiger partial charge in [0, 0.05) is 18.0 Å². The van der Waals surface area contributed by atoms with Gasteiger partial charge < -0.3 is 4.90 Å². The minimum absolute atomic E-state index is 0.486. The lowest BCUT2D eigenvalue weighted by Crippen LogP contribution is -2.39. The van der Waals surface area contributed by atoms with Gasteiger partial charge >= 0.3 is 0 Å². The van der Waals surface area contributed by atoms with Crippen LogP contribution >= 0.6 is 12.6 Å². The van der Waals surface area contributed by atoms with Crippen LogP contribution in [0.5, 0.6) is 0 Å². The van der Waals surface area contributed by atoms with Crippen molar-refractivity contribution >= 4 is 22.7 Å². The first kappa shape index (κ1) is 17.8. The smallest absolute Gasteiger partial charge is 0.218 e. The summed E-state index contributed by atoms with van der Waals surface area (Å²) in [6.45, 7) is 5.35. The monoisotopic (exact) mass is 342 g/mol. The molecule has 0 aliphatic carbocycles. The third-order valence-electron chi connectivity index (χ3n) is 4.17. The van der Waals surface area contributed by atoms with Gasteiger partial charge in [0.15, 0.2) is 0 Å². The number of hydrogen-bond donors (Lipinski definition) is 2. The fourth-order valence-electron chi connectivity index (χ4n) is 2.99. The SMILES string of the molecule is CCC(c1cccc(S)c1)S(=O)(=O)NCCN1CCCCC1.